The standard InChI is InChI=1S/C42H26O/c1-2-12-28(13-3-1)40-32-16-5-7-18-34(32)41(35-19-8-6-17-33(35)40)29-24-22-27(23-25-29)37-26-38-31-15-10-11-21-39(31)43-42(38)36-20-9-4-14-30(36)37/h1-26H/i10D,11D,15D,21D. The number of hydrogen-bond donors (Lipinski definition) is 0. The van der Waals surface area contributed by atoms with E-state index in [0.29, 0.717) is 16.4 Å². The molecular formula is C42H26O. The van der Waals surface area contributed by atoms with E-state index in [2.05, 4.69) is 109 Å². The summed E-state index contributed by atoms with van der Waals surface area (Å²) in [5, 5.41) is 7.76. The van der Waals surface area contributed by atoms with E-state index in [4.69, 9.17) is 9.90 Å². The number of furan rings is 1. The molecule has 0 saturated carbocycles. The molecule has 0 aliphatic carbocycles. The van der Waals surface area contributed by atoms with Crippen molar-refractivity contribution in [2.24, 2.45) is 0 Å². The molecule has 0 aliphatic rings. The van der Waals surface area contributed by atoms with Crippen LogP contribution in [0.1, 0.15) is 5.48 Å². The molecule has 1 nitrogen and oxygen atoms in total. The van der Waals surface area contributed by atoms with Crippen LogP contribution in [0.5, 0.6) is 0 Å². The van der Waals surface area contributed by atoms with Gasteiger partial charge in [-0.15, -0.1) is 0 Å². The Morgan fingerprint density at radius 1 is 0.395 bits per heavy atom. The molecule has 0 unspecified atom stereocenters. The number of fused-ring (bicyclic) bond motifs is 7. The molecule has 0 aliphatic heterocycles. The zero-order valence-corrected chi connectivity index (χ0v) is 23.1. The van der Waals surface area contributed by atoms with E-state index in [1.807, 2.05) is 24.3 Å². The highest BCUT2D eigenvalue weighted by Crippen LogP contribution is 2.44. The van der Waals surface area contributed by atoms with E-state index in [-0.39, 0.29) is 29.8 Å². The number of hydrogen-bond acceptors (Lipinski definition) is 1. The fourth-order valence-corrected chi connectivity index (χ4v) is 6.72. The number of benzene rings is 8. The average Bonchev–Trinajstić information content (AvgIpc) is 3.52. The van der Waals surface area contributed by atoms with Gasteiger partial charge in [0.2, 0.25) is 0 Å². The Kier molecular flexibility index (Phi) is 4.45. The van der Waals surface area contributed by atoms with Gasteiger partial charge in [-0.1, -0.05) is 146 Å². The summed E-state index contributed by atoms with van der Waals surface area (Å²) in [5.41, 5.74) is 7.48. The Hall–Kier alpha value is -5.66. The number of para-hydroxylation sites is 1. The Labute approximate surface area is 254 Å². The quantitative estimate of drug-likeness (QED) is 0.199. The molecule has 0 N–H and O–H groups in total. The minimum Gasteiger partial charge on any atom is -0.455 e. The third-order valence-corrected chi connectivity index (χ3v) is 8.60. The van der Waals surface area contributed by atoms with Crippen molar-refractivity contribution in [3.63, 3.8) is 0 Å². The maximum absolute atomic E-state index is 8.68. The third kappa shape index (κ3) is 3.65. The van der Waals surface area contributed by atoms with Crippen LogP contribution in [0.15, 0.2) is 162 Å². The van der Waals surface area contributed by atoms with Crippen LogP contribution in [-0.4, -0.2) is 0 Å². The first-order valence-electron chi connectivity index (χ1n) is 16.4. The van der Waals surface area contributed by atoms with Gasteiger partial charge in [-0.2, -0.15) is 0 Å². The molecule has 0 spiro atoms. The Morgan fingerprint density at radius 3 is 1.51 bits per heavy atom. The lowest BCUT2D eigenvalue weighted by atomic mass is 9.85. The van der Waals surface area contributed by atoms with Crippen molar-refractivity contribution in [3.05, 3.63) is 158 Å². The Morgan fingerprint density at radius 2 is 0.884 bits per heavy atom. The van der Waals surface area contributed by atoms with Gasteiger partial charge in [0.25, 0.3) is 0 Å². The van der Waals surface area contributed by atoms with Gasteiger partial charge >= 0.3 is 0 Å². The first kappa shape index (κ1) is 20.3. The average molecular weight is 551 g/mol. The highest BCUT2D eigenvalue weighted by atomic mass is 16.3. The zero-order valence-electron chi connectivity index (χ0n) is 27.1. The van der Waals surface area contributed by atoms with Crippen LogP contribution in [0.4, 0.5) is 0 Å². The van der Waals surface area contributed by atoms with Crippen molar-refractivity contribution >= 4 is 54.3 Å². The molecule has 0 saturated heterocycles. The minimum absolute atomic E-state index is 0.0889. The molecule has 0 atom stereocenters. The van der Waals surface area contributed by atoms with E-state index in [9.17, 15) is 0 Å². The fraction of sp³-hybridized carbons (Fsp3) is 0. The van der Waals surface area contributed by atoms with Crippen molar-refractivity contribution in [2.45, 2.75) is 0 Å². The predicted octanol–water partition coefficient (Wildman–Crippen LogP) is 12.0. The Bertz CT molecular complexity index is 2650. The van der Waals surface area contributed by atoms with Crippen LogP contribution < -0.4 is 0 Å². The van der Waals surface area contributed by atoms with Crippen molar-refractivity contribution < 1.29 is 9.90 Å². The van der Waals surface area contributed by atoms with Crippen molar-refractivity contribution in [1.29, 1.82) is 0 Å². The first-order valence-corrected chi connectivity index (χ1v) is 14.4. The molecule has 9 rings (SSSR count). The molecule has 0 fully saturated rings. The molecule has 8 aromatic carbocycles. The predicted molar refractivity (Wildman–Crippen MR) is 183 cm³/mol. The molecule has 200 valence electrons. The molecule has 1 heteroatoms. The lowest BCUT2D eigenvalue weighted by Gasteiger charge is -2.18. The van der Waals surface area contributed by atoms with Gasteiger partial charge in [0.15, 0.2) is 0 Å². The van der Waals surface area contributed by atoms with Crippen LogP contribution in [0.2, 0.25) is 0 Å². The summed E-state index contributed by atoms with van der Waals surface area (Å²) >= 11 is 0. The minimum atomic E-state index is -0.293. The second kappa shape index (κ2) is 9.44. The van der Waals surface area contributed by atoms with Gasteiger partial charge in [-0.3, -0.25) is 0 Å². The molecule has 0 bridgehead atoms. The zero-order chi connectivity index (χ0) is 31.8. The molecule has 9 aromatic rings. The van der Waals surface area contributed by atoms with E-state index in [0.717, 1.165) is 27.5 Å². The van der Waals surface area contributed by atoms with E-state index < -0.39 is 0 Å². The van der Waals surface area contributed by atoms with Gasteiger partial charge in [0.05, 0.1) is 5.48 Å². The molecule has 1 heterocycles. The molecule has 43 heavy (non-hydrogen) atoms. The second-order valence-corrected chi connectivity index (χ2v) is 10.9. The lowest BCUT2D eigenvalue weighted by molar-refractivity contribution is 0.672. The van der Waals surface area contributed by atoms with Crippen molar-refractivity contribution in [1.82, 2.24) is 0 Å². The van der Waals surface area contributed by atoms with Crippen LogP contribution in [0.25, 0.3) is 87.6 Å². The molecule has 0 radical (unpaired) electrons. The van der Waals surface area contributed by atoms with Crippen molar-refractivity contribution in [3.8, 4) is 33.4 Å². The maximum Gasteiger partial charge on any atom is 0.143 e. The van der Waals surface area contributed by atoms with Crippen LogP contribution in [0.3, 0.4) is 0 Å². The van der Waals surface area contributed by atoms with Crippen LogP contribution >= 0.6 is 0 Å². The third-order valence-electron chi connectivity index (χ3n) is 8.60. The Balaban J connectivity index is 1.28. The highest BCUT2D eigenvalue weighted by molar-refractivity contribution is 6.22. The lowest BCUT2D eigenvalue weighted by Crippen LogP contribution is -1.91. The molecule has 1 aromatic heterocycles. The summed E-state index contributed by atoms with van der Waals surface area (Å²) in [4.78, 5) is 0. The summed E-state index contributed by atoms with van der Waals surface area (Å²) in [7, 11) is 0. The van der Waals surface area contributed by atoms with Gasteiger partial charge < -0.3 is 4.42 Å². The van der Waals surface area contributed by atoms with E-state index in [1.54, 1.807) is 0 Å². The maximum atomic E-state index is 8.68. The second-order valence-electron chi connectivity index (χ2n) is 10.9. The SMILES string of the molecule is [2H]c1c([2H])c([2H])c2c(oc3c4ccccc4c(-c4ccc(-c5c6ccccc6c(-c6ccccc6)c6ccccc56)cc4)cc32)c1[2H]. The van der Waals surface area contributed by atoms with Gasteiger partial charge in [0, 0.05) is 16.2 Å². The highest BCUT2D eigenvalue weighted by Gasteiger charge is 2.18. The van der Waals surface area contributed by atoms with Crippen LogP contribution in [0, 0.1) is 0 Å². The topological polar surface area (TPSA) is 13.1 Å². The first-order chi connectivity index (χ1) is 23.0. The fourth-order valence-electron chi connectivity index (χ4n) is 6.72. The molecular weight excluding hydrogens is 520 g/mol. The normalized spacial score (nSPS) is 13.0. The van der Waals surface area contributed by atoms with Crippen LogP contribution in [-0.2, 0) is 0 Å². The summed E-state index contributed by atoms with van der Waals surface area (Å²) < 4.78 is 39.8. The van der Waals surface area contributed by atoms with E-state index in [1.165, 1.54) is 38.2 Å². The largest absolute Gasteiger partial charge is 0.455 e. The van der Waals surface area contributed by atoms with Gasteiger partial charge in [-0.05, 0) is 72.4 Å². The van der Waals surface area contributed by atoms with Gasteiger partial charge in [-0.25, -0.2) is 0 Å². The monoisotopic (exact) mass is 550 g/mol. The number of rotatable bonds is 3. The summed E-state index contributed by atoms with van der Waals surface area (Å²) in [6.45, 7) is 0. The molecule has 0 amide bonds. The smallest absolute Gasteiger partial charge is 0.143 e. The van der Waals surface area contributed by atoms with E-state index >= 15 is 0 Å². The van der Waals surface area contributed by atoms with Gasteiger partial charge in [0.1, 0.15) is 11.2 Å². The summed E-state index contributed by atoms with van der Waals surface area (Å²) in [6.07, 6.45) is 0. The summed E-state index contributed by atoms with van der Waals surface area (Å²) in [6, 6.07) is 45.7. The summed E-state index contributed by atoms with van der Waals surface area (Å²) in [5.74, 6) is 0. The van der Waals surface area contributed by atoms with Crippen molar-refractivity contribution in [2.75, 3.05) is 0 Å².